The van der Waals surface area contributed by atoms with Crippen LogP contribution >= 0.6 is 0 Å². The molecule has 0 fully saturated rings. The zero-order valence-corrected chi connectivity index (χ0v) is 7.81. The van der Waals surface area contributed by atoms with Gasteiger partial charge in [0.2, 0.25) is 5.91 Å². The average molecular weight is 173 g/mol. The molecule has 0 unspecified atom stereocenters. The van der Waals surface area contributed by atoms with Gasteiger partial charge in [-0.15, -0.1) is 0 Å². The van der Waals surface area contributed by atoms with Crippen molar-refractivity contribution in [3.05, 3.63) is 0 Å². The Labute approximate surface area is 74.2 Å². The quantitative estimate of drug-likeness (QED) is 0.566. The van der Waals surface area contributed by atoms with Crippen molar-refractivity contribution >= 4 is 5.91 Å². The summed E-state index contributed by atoms with van der Waals surface area (Å²) in [6.45, 7) is 2.98. The van der Waals surface area contributed by atoms with Crippen molar-refractivity contribution < 1.29 is 9.90 Å². The Morgan fingerprint density at radius 1 is 1.33 bits per heavy atom. The van der Waals surface area contributed by atoms with Crippen LogP contribution in [0.1, 0.15) is 39.0 Å². The number of amides is 1. The molecule has 0 atom stereocenters. The zero-order valence-electron chi connectivity index (χ0n) is 7.81. The van der Waals surface area contributed by atoms with Crippen LogP contribution in [0.15, 0.2) is 0 Å². The lowest BCUT2D eigenvalue weighted by Crippen LogP contribution is -2.24. The van der Waals surface area contributed by atoms with E-state index in [4.69, 9.17) is 5.11 Å². The fourth-order valence-electron chi connectivity index (χ4n) is 0.890. The van der Waals surface area contributed by atoms with E-state index < -0.39 is 0 Å². The first-order valence-corrected chi connectivity index (χ1v) is 4.68. The lowest BCUT2D eigenvalue weighted by Gasteiger charge is -2.02. The van der Waals surface area contributed by atoms with Gasteiger partial charge in [0.25, 0.3) is 0 Å². The second-order valence-electron chi connectivity index (χ2n) is 2.88. The summed E-state index contributed by atoms with van der Waals surface area (Å²) in [5.74, 6) is 0.134. The fraction of sp³-hybridized carbons (Fsp3) is 0.889. The molecular weight excluding hydrogens is 154 g/mol. The highest BCUT2D eigenvalue weighted by molar-refractivity contribution is 5.75. The number of aliphatic hydroxyl groups excluding tert-OH is 1. The van der Waals surface area contributed by atoms with Crippen molar-refractivity contribution in [1.29, 1.82) is 0 Å². The van der Waals surface area contributed by atoms with E-state index in [1.807, 2.05) is 0 Å². The van der Waals surface area contributed by atoms with Crippen LogP contribution in [0.2, 0.25) is 0 Å². The Morgan fingerprint density at radius 3 is 2.67 bits per heavy atom. The van der Waals surface area contributed by atoms with Crippen molar-refractivity contribution in [1.82, 2.24) is 5.32 Å². The van der Waals surface area contributed by atoms with Gasteiger partial charge in [-0.05, 0) is 19.3 Å². The van der Waals surface area contributed by atoms with Gasteiger partial charge in [-0.25, -0.2) is 0 Å². The van der Waals surface area contributed by atoms with Crippen molar-refractivity contribution in [2.75, 3.05) is 13.2 Å². The first-order valence-electron chi connectivity index (χ1n) is 4.68. The van der Waals surface area contributed by atoms with Gasteiger partial charge in [0.15, 0.2) is 0 Å². The molecule has 0 spiro atoms. The molecule has 0 aromatic heterocycles. The molecule has 0 aromatic carbocycles. The van der Waals surface area contributed by atoms with Gasteiger partial charge in [0.05, 0.1) is 0 Å². The smallest absolute Gasteiger partial charge is 0.219 e. The van der Waals surface area contributed by atoms with Crippen LogP contribution in [0.25, 0.3) is 0 Å². The maximum Gasteiger partial charge on any atom is 0.219 e. The fourth-order valence-corrected chi connectivity index (χ4v) is 0.890. The van der Waals surface area contributed by atoms with Crippen molar-refractivity contribution in [2.24, 2.45) is 0 Å². The van der Waals surface area contributed by atoms with E-state index >= 15 is 0 Å². The summed E-state index contributed by atoms with van der Waals surface area (Å²) in [7, 11) is 0. The summed E-state index contributed by atoms with van der Waals surface area (Å²) < 4.78 is 0. The monoisotopic (exact) mass is 173 g/mol. The summed E-state index contributed by atoms with van der Waals surface area (Å²) in [6.07, 6.45) is 4.30. The molecule has 0 aliphatic heterocycles. The van der Waals surface area contributed by atoms with E-state index in [1.54, 1.807) is 0 Å². The second kappa shape index (κ2) is 8.53. The van der Waals surface area contributed by atoms with Crippen LogP contribution in [-0.4, -0.2) is 24.2 Å². The zero-order chi connectivity index (χ0) is 9.23. The van der Waals surface area contributed by atoms with E-state index in [0.717, 1.165) is 25.7 Å². The Morgan fingerprint density at radius 2 is 2.08 bits per heavy atom. The maximum absolute atomic E-state index is 11.0. The van der Waals surface area contributed by atoms with E-state index in [1.165, 1.54) is 0 Å². The van der Waals surface area contributed by atoms with E-state index in [9.17, 15) is 4.79 Å². The normalized spacial score (nSPS) is 9.83. The van der Waals surface area contributed by atoms with Gasteiger partial charge >= 0.3 is 0 Å². The highest BCUT2D eigenvalue weighted by atomic mass is 16.2. The summed E-state index contributed by atoms with van der Waals surface area (Å²) in [5, 5.41) is 11.3. The minimum Gasteiger partial charge on any atom is -0.396 e. The molecule has 3 nitrogen and oxygen atoms in total. The van der Waals surface area contributed by atoms with Crippen molar-refractivity contribution in [3.8, 4) is 0 Å². The van der Waals surface area contributed by atoms with Gasteiger partial charge in [0.1, 0.15) is 0 Å². The van der Waals surface area contributed by atoms with Crippen LogP contribution in [-0.2, 0) is 4.79 Å². The Kier molecular flexibility index (Phi) is 8.12. The lowest BCUT2D eigenvalue weighted by molar-refractivity contribution is -0.121. The molecule has 0 saturated carbocycles. The van der Waals surface area contributed by atoms with Gasteiger partial charge in [-0.1, -0.05) is 13.3 Å². The Hall–Kier alpha value is -0.570. The van der Waals surface area contributed by atoms with Crippen LogP contribution in [0.3, 0.4) is 0 Å². The third-order valence-electron chi connectivity index (χ3n) is 1.66. The summed E-state index contributed by atoms with van der Waals surface area (Å²) >= 11 is 0. The minimum absolute atomic E-state index is 0.134. The van der Waals surface area contributed by atoms with Crippen molar-refractivity contribution in [2.45, 2.75) is 39.0 Å². The molecule has 0 aromatic rings. The molecule has 1 amide bonds. The molecule has 0 heterocycles. The first kappa shape index (κ1) is 11.4. The number of aliphatic hydroxyl groups is 1. The third kappa shape index (κ3) is 7.54. The highest BCUT2D eigenvalue weighted by Crippen LogP contribution is 1.93. The van der Waals surface area contributed by atoms with Crippen LogP contribution in [0, 0.1) is 0 Å². The standard InChI is InChI=1S/C9H19NO2/c1-2-3-6-9(12)10-7-4-5-8-11/h11H,2-8H2,1H3,(H,10,12). The summed E-state index contributed by atoms with van der Waals surface area (Å²) in [5.41, 5.74) is 0. The lowest BCUT2D eigenvalue weighted by atomic mass is 10.2. The summed E-state index contributed by atoms with van der Waals surface area (Å²) in [6, 6.07) is 0. The predicted octanol–water partition coefficient (Wildman–Crippen LogP) is 1.07. The molecule has 0 rings (SSSR count). The largest absolute Gasteiger partial charge is 0.396 e. The minimum atomic E-state index is 0.134. The SMILES string of the molecule is CCCCC(=O)NCCCCO. The molecular formula is C9H19NO2. The number of carbonyl (C=O) groups excluding carboxylic acids is 1. The average Bonchev–Trinajstić information content (AvgIpc) is 2.09. The second-order valence-corrected chi connectivity index (χ2v) is 2.88. The topological polar surface area (TPSA) is 49.3 Å². The van der Waals surface area contributed by atoms with Gasteiger partial charge in [-0.2, -0.15) is 0 Å². The molecule has 12 heavy (non-hydrogen) atoms. The molecule has 3 heteroatoms. The number of hydrogen-bond donors (Lipinski definition) is 2. The highest BCUT2D eigenvalue weighted by Gasteiger charge is 1.97. The number of carbonyl (C=O) groups is 1. The molecule has 0 radical (unpaired) electrons. The Bertz CT molecular complexity index is 115. The van der Waals surface area contributed by atoms with Crippen LogP contribution in [0.5, 0.6) is 0 Å². The Balaban J connectivity index is 3.08. The molecule has 2 N–H and O–H groups in total. The molecule has 0 saturated heterocycles. The predicted molar refractivity (Wildman–Crippen MR) is 48.9 cm³/mol. The van der Waals surface area contributed by atoms with E-state index in [2.05, 4.69) is 12.2 Å². The molecule has 72 valence electrons. The van der Waals surface area contributed by atoms with Crippen LogP contribution in [0.4, 0.5) is 0 Å². The third-order valence-corrected chi connectivity index (χ3v) is 1.66. The number of rotatable bonds is 7. The first-order chi connectivity index (χ1) is 5.81. The van der Waals surface area contributed by atoms with Crippen LogP contribution < -0.4 is 5.32 Å². The van der Waals surface area contributed by atoms with Crippen molar-refractivity contribution in [3.63, 3.8) is 0 Å². The summed E-state index contributed by atoms with van der Waals surface area (Å²) in [4.78, 5) is 11.0. The molecule has 0 bridgehead atoms. The van der Waals surface area contributed by atoms with Gasteiger partial charge < -0.3 is 10.4 Å². The van der Waals surface area contributed by atoms with Gasteiger partial charge in [0, 0.05) is 19.6 Å². The molecule has 0 aliphatic rings. The van der Waals surface area contributed by atoms with E-state index in [0.29, 0.717) is 13.0 Å². The van der Waals surface area contributed by atoms with E-state index in [-0.39, 0.29) is 12.5 Å². The van der Waals surface area contributed by atoms with Gasteiger partial charge in [-0.3, -0.25) is 4.79 Å². The maximum atomic E-state index is 11.0. The number of nitrogens with one attached hydrogen (secondary N) is 1. The number of unbranched alkanes of at least 4 members (excludes halogenated alkanes) is 2. The number of hydrogen-bond acceptors (Lipinski definition) is 2. The molecule has 0 aliphatic carbocycles.